The number of carbonyl (C=O) groups is 1. The zero-order valence-electron chi connectivity index (χ0n) is 11.1. The van der Waals surface area contributed by atoms with E-state index in [0.717, 1.165) is 27.9 Å². The van der Waals surface area contributed by atoms with Gasteiger partial charge in [0.2, 0.25) is 0 Å². The van der Waals surface area contributed by atoms with E-state index in [-0.39, 0.29) is 5.91 Å². The minimum atomic E-state index is -0.124. The lowest BCUT2D eigenvalue weighted by Crippen LogP contribution is -2.22. The number of halogens is 1. The van der Waals surface area contributed by atoms with Crippen molar-refractivity contribution in [1.82, 2.24) is 10.3 Å². The van der Waals surface area contributed by atoms with Crippen LogP contribution in [0.5, 0.6) is 0 Å². The first-order valence-electron chi connectivity index (χ1n) is 6.36. The summed E-state index contributed by atoms with van der Waals surface area (Å²) in [5.74, 6) is 0.265. The van der Waals surface area contributed by atoms with Crippen LogP contribution in [0.15, 0.2) is 28.1 Å². The van der Waals surface area contributed by atoms with Crippen LogP contribution in [0.25, 0.3) is 0 Å². The van der Waals surface area contributed by atoms with Crippen LogP contribution in [0.4, 0.5) is 5.82 Å². The van der Waals surface area contributed by atoms with Crippen molar-refractivity contribution < 1.29 is 4.79 Å². The Morgan fingerprint density at radius 2 is 2.25 bits per heavy atom. The SMILES string of the molecule is CCCc1cc(C(=O)NCc2cc(Br)cs2)cc(N)n1. The topological polar surface area (TPSA) is 68.0 Å². The summed E-state index contributed by atoms with van der Waals surface area (Å²) < 4.78 is 1.03. The molecule has 0 aliphatic heterocycles. The lowest BCUT2D eigenvalue weighted by atomic mass is 10.1. The Hall–Kier alpha value is -1.40. The van der Waals surface area contributed by atoms with Gasteiger partial charge in [-0.25, -0.2) is 4.98 Å². The van der Waals surface area contributed by atoms with Crippen LogP contribution < -0.4 is 11.1 Å². The molecule has 2 aromatic rings. The summed E-state index contributed by atoms with van der Waals surface area (Å²) in [7, 11) is 0. The van der Waals surface area contributed by atoms with Crippen molar-refractivity contribution in [1.29, 1.82) is 0 Å². The number of hydrogen-bond acceptors (Lipinski definition) is 4. The average molecular weight is 354 g/mol. The summed E-state index contributed by atoms with van der Waals surface area (Å²) in [5.41, 5.74) is 7.17. The number of thiophene rings is 1. The van der Waals surface area contributed by atoms with Crippen LogP contribution in [0.3, 0.4) is 0 Å². The number of aromatic nitrogens is 1. The maximum absolute atomic E-state index is 12.1. The van der Waals surface area contributed by atoms with Crippen LogP contribution in [0.2, 0.25) is 0 Å². The van der Waals surface area contributed by atoms with E-state index in [1.165, 1.54) is 0 Å². The molecule has 0 saturated carbocycles. The van der Waals surface area contributed by atoms with Crippen molar-refractivity contribution in [2.75, 3.05) is 5.73 Å². The molecule has 4 nitrogen and oxygen atoms in total. The Kier molecular flexibility index (Phi) is 5.14. The van der Waals surface area contributed by atoms with Gasteiger partial charge in [-0.3, -0.25) is 4.79 Å². The van der Waals surface area contributed by atoms with Crippen LogP contribution in [0.1, 0.15) is 34.3 Å². The third-order valence-electron chi connectivity index (χ3n) is 2.71. The van der Waals surface area contributed by atoms with Gasteiger partial charge in [0.1, 0.15) is 5.82 Å². The zero-order chi connectivity index (χ0) is 14.5. The standard InChI is InChI=1S/C14H16BrN3OS/c1-2-3-11-4-9(5-13(16)18-11)14(19)17-7-12-6-10(15)8-20-12/h4-6,8H,2-3,7H2,1H3,(H2,16,18)(H,17,19). The van der Waals surface area contributed by atoms with Gasteiger partial charge in [-0.05, 0) is 40.5 Å². The monoisotopic (exact) mass is 353 g/mol. The number of pyridine rings is 1. The zero-order valence-corrected chi connectivity index (χ0v) is 13.6. The first-order chi connectivity index (χ1) is 9.58. The highest BCUT2D eigenvalue weighted by Gasteiger charge is 2.09. The van der Waals surface area contributed by atoms with E-state index in [1.807, 2.05) is 11.4 Å². The number of nitrogens with one attached hydrogen (secondary N) is 1. The highest BCUT2D eigenvalue weighted by molar-refractivity contribution is 9.10. The second-order valence-electron chi connectivity index (χ2n) is 4.44. The minimum absolute atomic E-state index is 0.124. The number of hydrogen-bond donors (Lipinski definition) is 2. The van der Waals surface area contributed by atoms with Crippen molar-refractivity contribution >= 4 is 39.0 Å². The minimum Gasteiger partial charge on any atom is -0.384 e. The first-order valence-corrected chi connectivity index (χ1v) is 8.03. The molecule has 0 radical (unpaired) electrons. The van der Waals surface area contributed by atoms with Crippen molar-refractivity contribution in [2.45, 2.75) is 26.3 Å². The highest BCUT2D eigenvalue weighted by atomic mass is 79.9. The molecule has 0 atom stereocenters. The number of amides is 1. The van der Waals surface area contributed by atoms with Gasteiger partial charge >= 0.3 is 0 Å². The molecule has 2 rings (SSSR count). The molecule has 6 heteroatoms. The lowest BCUT2D eigenvalue weighted by Gasteiger charge is -2.07. The Morgan fingerprint density at radius 1 is 1.45 bits per heavy atom. The molecule has 3 N–H and O–H groups in total. The quantitative estimate of drug-likeness (QED) is 0.865. The number of nitrogen functional groups attached to an aromatic ring is 1. The van der Waals surface area contributed by atoms with Crippen molar-refractivity contribution in [2.24, 2.45) is 0 Å². The predicted molar refractivity (Wildman–Crippen MR) is 85.8 cm³/mol. The van der Waals surface area contributed by atoms with Gasteiger partial charge in [0, 0.05) is 26.0 Å². The predicted octanol–water partition coefficient (Wildman–Crippen LogP) is 3.37. The molecule has 0 unspecified atom stereocenters. The molecule has 0 aliphatic rings. The van der Waals surface area contributed by atoms with E-state index in [9.17, 15) is 4.79 Å². The Bertz CT molecular complexity index is 612. The smallest absolute Gasteiger partial charge is 0.251 e. The largest absolute Gasteiger partial charge is 0.384 e. The summed E-state index contributed by atoms with van der Waals surface area (Å²) in [6.45, 7) is 2.58. The van der Waals surface area contributed by atoms with E-state index in [4.69, 9.17) is 5.73 Å². The number of rotatable bonds is 5. The van der Waals surface area contributed by atoms with E-state index >= 15 is 0 Å². The molecule has 0 spiro atoms. The molecule has 0 fully saturated rings. The maximum atomic E-state index is 12.1. The molecular weight excluding hydrogens is 338 g/mol. The van der Waals surface area contributed by atoms with Crippen LogP contribution in [0, 0.1) is 0 Å². The van der Waals surface area contributed by atoms with E-state index in [0.29, 0.717) is 17.9 Å². The summed E-state index contributed by atoms with van der Waals surface area (Å²) >= 11 is 5.00. The van der Waals surface area contributed by atoms with E-state index in [2.05, 4.69) is 33.2 Å². The molecule has 0 saturated heterocycles. The molecule has 1 amide bonds. The Labute approximate surface area is 130 Å². The number of carbonyl (C=O) groups excluding carboxylic acids is 1. The lowest BCUT2D eigenvalue weighted by molar-refractivity contribution is 0.0951. The molecule has 106 valence electrons. The van der Waals surface area contributed by atoms with Crippen molar-refractivity contribution in [3.8, 4) is 0 Å². The van der Waals surface area contributed by atoms with E-state index < -0.39 is 0 Å². The summed E-state index contributed by atoms with van der Waals surface area (Å²) in [4.78, 5) is 17.5. The maximum Gasteiger partial charge on any atom is 0.251 e. The molecular formula is C14H16BrN3OS. The molecule has 0 aliphatic carbocycles. The number of nitrogens with two attached hydrogens (primary N) is 1. The van der Waals surface area contributed by atoms with E-state index in [1.54, 1.807) is 23.5 Å². The second kappa shape index (κ2) is 6.85. The van der Waals surface area contributed by atoms with Gasteiger partial charge < -0.3 is 11.1 Å². The molecule has 0 aromatic carbocycles. The average Bonchev–Trinajstić information content (AvgIpc) is 2.81. The third kappa shape index (κ3) is 4.05. The third-order valence-corrected chi connectivity index (χ3v) is 4.41. The van der Waals surface area contributed by atoms with Gasteiger partial charge in [-0.2, -0.15) is 0 Å². The van der Waals surface area contributed by atoms with Gasteiger partial charge in [0.25, 0.3) is 5.91 Å². The first kappa shape index (κ1) is 15.0. The second-order valence-corrected chi connectivity index (χ2v) is 6.35. The van der Waals surface area contributed by atoms with Crippen LogP contribution in [-0.2, 0) is 13.0 Å². The number of aryl methyl sites for hydroxylation is 1. The summed E-state index contributed by atoms with van der Waals surface area (Å²) in [6, 6.07) is 5.41. The fourth-order valence-corrected chi connectivity index (χ4v) is 3.23. The number of anilines is 1. The highest BCUT2D eigenvalue weighted by Crippen LogP contribution is 2.19. The Balaban J connectivity index is 2.04. The summed E-state index contributed by atoms with van der Waals surface area (Å²) in [6.07, 6.45) is 1.80. The van der Waals surface area contributed by atoms with Crippen molar-refractivity contribution in [3.63, 3.8) is 0 Å². The van der Waals surface area contributed by atoms with Gasteiger partial charge in [0.05, 0.1) is 6.54 Å². The normalized spacial score (nSPS) is 10.5. The fourth-order valence-electron chi connectivity index (χ4n) is 1.84. The van der Waals surface area contributed by atoms with Crippen LogP contribution in [-0.4, -0.2) is 10.9 Å². The van der Waals surface area contributed by atoms with Crippen molar-refractivity contribution in [3.05, 3.63) is 44.2 Å². The molecule has 20 heavy (non-hydrogen) atoms. The van der Waals surface area contributed by atoms with Gasteiger partial charge in [0.15, 0.2) is 0 Å². The molecule has 2 heterocycles. The van der Waals surface area contributed by atoms with Gasteiger partial charge in [-0.1, -0.05) is 13.3 Å². The summed E-state index contributed by atoms with van der Waals surface area (Å²) in [5, 5.41) is 4.88. The Morgan fingerprint density at radius 3 is 2.90 bits per heavy atom. The fraction of sp³-hybridized carbons (Fsp3) is 0.286. The van der Waals surface area contributed by atoms with Gasteiger partial charge in [-0.15, -0.1) is 11.3 Å². The number of nitrogens with zero attached hydrogens (tertiary/aromatic N) is 1. The molecule has 2 aromatic heterocycles. The molecule has 0 bridgehead atoms. The van der Waals surface area contributed by atoms with Crippen LogP contribution >= 0.6 is 27.3 Å².